The van der Waals surface area contributed by atoms with E-state index in [0.29, 0.717) is 13.2 Å². The highest BCUT2D eigenvalue weighted by atomic mass is 16.5. The molecule has 4 rings (SSSR count). The minimum absolute atomic E-state index is 0.0417. The number of hydrogen-bond acceptors (Lipinski definition) is 6. The molecule has 2 aromatic rings. The van der Waals surface area contributed by atoms with Crippen LogP contribution in [0.5, 0.6) is 5.75 Å². The number of carbonyl (C=O) groups is 1. The average Bonchev–Trinajstić information content (AvgIpc) is 2.82. The Kier molecular flexibility index (Phi) is 7.76. The number of anilines is 2. The molecule has 166 valence electrons. The molecular formula is C24H32N4O3. The second-order valence-electron chi connectivity index (χ2n) is 7.97. The number of rotatable bonds is 8. The third kappa shape index (κ3) is 6.69. The van der Waals surface area contributed by atoms with Gasteiger partial charge in [0.1, 0.15) is 12.4 Å². The summed E-state index contributed by atoms with van der Waals surface area (Å²) in [7, 11) is 0. The van der Waals surface area contributed by atoms with Crippen LogP contribution in [0.25, 0.3) is 0 Å². The largest absolute Gasteiger partial charge is 0.492 e. The number of benzene rings is 2. The van der Waals surface area contributed by atoms with Crippen molar-refractivity contribution in [1.82, 2.24) is 9.80 Å². The second-order valence-corrected chi connectivity index (χ2v) is 7.97. The number of carbonyl (C=O) groups excluding carboxylic acids is 1. The normalized spacial score (nSPS) is 18.0. The van der Waals surface area contributed by atoms with Gasteiger partial charge >= 0.3 is 0 Å². The van der Waals surface area contributed by atoms with Gasteiger partial charge in [-0.25, -0.2) is 0 Å². The van der Waals surface area contributed by atoms with Crippen LogP contribution in [0.1, 0.15) is 0 Å². The van der Waals surface area contributed by atoms with Gasteiger partial charge in [0, 0.05) is 57.2 Å². The summed E-state index contributed by atoms with van der Waals surface area (Å²) >= 11 is 0. The monoisotopic (exact) mass is 424 g/mol. The Morgan fingerprint density at radius 3 is 2.26 bits per heavy atom. The van der Waals surface area contributed by atoms with Gasteiger partial charge < -0.3 is 19.7 Å². The summed E-state index contributed by atoms with van der Waals surface area (Å²) in [5.41, 5.74) is 2.02. The van der Waals surface area contributed by atoms with Gasteiger partial charge in [0.2, 0.25) is 5.91 Å². The molecule has 7 nitrogen and oxygen atoms in total. The molecule has 7 heteroatoms. The first-order valence-corrected chi connectivity index (χ1v) is 11.1. The van der Waals surface area contributed by atoms with E-state index in [1.165, 1.54) is 5.69 Å². The van der Waals surface area contributed by atoms with Crippen LogP contribution < -0.4 is 15.0 Å². The molecule has 2 saturated heterocycles. The number of hydrogen-bond donors (Lipinski definition) is 1. The van der Waals surface area contributed by atoms with Gasteiger partial charge in [-0.05, 0) is 36.4 Å². The van der Waals surface area contributed by atoms with Crippen molar-refractivity contribution in [1.29, 1.82) is 0 Å². The Bertz CT molecular complexity index is 801. The predicted molar refractivity (Wildman–Crippen MR) is 123 cm³/mol. The zero-order chi connectivity index (χ0) is 21.3. The maximum absolute atomic E-state index is 12.5. The van der Waals surface area contributed by atoms with Crippen molar-refractivity contribution in [2.24, 2.45) is 0 Å². The van der Waals surface area contributed by atoms with Crippen molar-refractivity contribution in [3.63, 3.8) is 0 Å². The summed E-state index contributed by atoms with van der Waals surface area (Å²) in [5.74, 6) is 0.954. The third-order valence-electron chi connectivity index (χ3n) is 5.78. The van der Waals surface area contributed by atoms with Crippen molar-refractivity contribution in [3.8, 4) is 5.75 Å². The Balaban J connectivity index is 1.14. The summed E-state index contributed by atoms with van der Waals surface area (Å²) in [6.07, 6.45) is 0. The van der Waals surface area contributed by atoms with E-state index in [1.54, 1.807) is 0 Å². The fourth-order valence-corrected chi connectivity index (χ4v) is 3.96. The van der Waals surface area contributed by atoms with Gasteiger partial charge in [-0.15, -0.1) is 0 Å². The molecule has 31 heavy (non-hydrogen) atoms. The Morgan fingerprint density at radius 1 is 0.871 bits per heavy atom. The van der Waals surface area contributed by atoms with Crippen molar-refractivity contribution < 1.29 is 14.3 Å². The van der Waals surface area contributed by atoms with E-state index < -0.39 is 0 Å². The van der Waals surface area contributed by atoms with E-state index in [1.807, 2.05) is 42.5 Å². The van der Waals surface area contributed by atoms with Gasteiger partial charge in [0.25, 0.3) is 0 Å². The van der Waals surface area contributed by atoms with Gasteiger partial charge in [-0.2, -0.15) is 0 Å². The lowest BCUT2D eigenvalue weighted by atomic mass is 10.2. The van der Waals surface area contributed by atoms with Gasteiger partial charge in [-0.3, -0.25) is 14.6 Å². The molecule has 0 aromatic heterocycles. The number of para-hydroxylation sites is 1. The maximum atomic E-state index is 12.5. The second kappa shape index (κ2) is 11.1. The van der Waals surface area contributed by atoms with Crippen LogP contribution >= 0.6 is 0 Å². The van der Waals surface area contributed by atoms with Crippen molar-refractivity contribution in [3.05, 3.63) is 54.6 Å². The van der Waals surface area contributed by atoms with Gasteiger partial charge in [-0.1, -0.05) is 18.2 Å². The van der Waals surface area contributed by atoms with E-state index in [2.05, 4.69) is 32.1 Å². The fraction of sp³-hybridized carbons (Fsp3) is 0.458. The molecular weight excluding hydrogens is 392 g/mol. The minimum atomic E-state index is 0.0417. The average molecular weight is 425 g/mol. The lowest BCUT2D eigenvalue weighted by Crippen LogP contribution is -2.49. The van der Waals surface area contributed by atoms with E-state index >= 15 is 0 Å². The molecule has 2 aliphatic heterocycles. The summed E-state index contributed by atoms with van der Waals surface area (Å²) in [6.45, 7) is 9.10. The van der Waals surface area contributed by atoms with Gasteiger partial charge in [0.15, 0.2) is 0 Å². The zero-order valence-electron chi connectivity index (χ0n) is 18.0. The number of morpholine rings is 1. The van der Waals surface area contributed by atoms with Crippen molar-refractivity contribution in [2.75, 3.05) is 82.4 Å². The Labute approximate surface area is 184 Å². The maximum Gasteiger partial charge on any atom is 0.238 e. The zero-order valence-corrected chi connectivity index (χ0v) is 18.0. The fourth-order valence-electron chi connectivity index (χ4n) is 3.96. The molecule has 0 unspecified atom stereocenters. The molecule has 1 amide bonds. The molecule has 0 bridgehead atoms. The van der Waals surface area contributed by atoms with Crippen LogP contribution in [0.4, 0.5) is 11.4 Å². The SMILES string of the molecule is O=C(CN1CCN(CCOc2ccccc2)CC1)Nc1ccc(N2CCOCC2)cc1. The molecule has 2 aromatic carbocycles. The molecule has 0 aliphatic carbocycles. The van der Waals surface area contributed by atoms with E-state index in [9.17, 15) is 4.79 Å². The van der Waals surface area contributed by atoms with E-state index in [0.717, 1.165) is 70.5 Å². The minimum Gasteiger partial charge on any atom is -0.492 e. The number of piperazine rings is 1. The molecule has 0 atom stereocenters. The van der Waals surface area contributed by atoms with Crippen LogP contribution in [-0.2, 0) is 9.53 Å². The van der Waals surface area contributed by atoms with E-state index in [-0.39, 0.29) is 5.91 Å². The van der Waals surface area contributed by atoms with Crippen LogP contribution in [0.2, 0.25) is 0 Å². The van der Waals surface area contributed by atoms with Crippen LogP contribution in [0.3, 0.4) is 0 Å². The van der Waals surface area contributed by atoms with Crippen molar-refractivity contribution >= 4 is 17.3 Å². The third-order valence-corrected chi connectivity index (χ3v) is 5.78. The van der Waals surface area contributed by atoms with E-state index in [4.69, 9.17) is 9.47 Å². The first-order valence-electron chi connectivity index (χ1n) is 11.1. The molecule has 0 saturated carbocycles. The number of nitrogens with one attached hydrogen (secondary N) is 1. The summed E-state index contributed by atoms with van der Waals surface area (Å²) in [4.78, 5) is 19.4. The number of ether oxygens (including phenoxy) is 2. The Morgan fingerprint density at radius 2 is 1.55 bits per heavy atom. The molecule has 2 fully saturated rings. The van der Waals surface area contributed by atoms with Crippen LogP contribution in [0.15, 0.2) is 54.6 Å². The molecule has 0 spiro atoms. The number of amides is 1. The predicted octanol–water partition coefficient (Wildman–Crippen LogP) is 2.16. The lowest BCUT2D eigenvalue weighted by molar-refractivity contribution is -0.117. The highest BCUT2D eigenvalue weighted by Crippen LogP contribution is 2.19. The topological polar surface area (TPSA) is 57.3 Å². The first kappa shape index (κ1) is 21.6. The Hall–Kier alpha value is -2.61. The van der Waals surface area contributed by atoms with Crippen molar-refractivity contribution in [2.45, 2.75) is 0 Å². The molecule has 1 N–H and O–H groups in total. The summed E-state index contributed by atoms with van der Waals surface area (Å²) in [6, 6.07) is 18.0. The molecule has 2 heterocycles. The standard InChI is InChI=1S/C24H32N4O3/c29-24(25-21-6-8-22(9-7-21)28-15-17-30-18-16-28)20-27-12-10-26(11-13-27)14-19-31-23-4-2-1-3-5-23/h1-9H,10-20H2,(H,25,29). The highest BCUT2D eigenvalue weighted by molar-refractivity contribution is 5.92. The van der Waals surface area contributed by atoms with Crippen LogP contribution in [-0.4, -0.2) is 87.9 Å². The summed E-state index contributed by atoms with van der Waals surface area (Å²) < 4.78 is 11.2. The first-order chi connectivity index (χ1) is 15.3. The highest BCUT2D eigenvalue weighted by Gasteiger charge is 2.19. The smallest absolute Gasteiger partial charge is 0.238 e. The summed E-state index contributed by atoms with van der Waals surface area (Å²) in [5, 5.41) is 3.03. The van der Waals surface area contributed by atoms with Crippen LogP contribution in [0, 0.1) is 0 Å². The lowest BCUT2D eigenvalue weighted by Gasteiger charge is -2.34. The molecule has 2 aliphatic rings. The quantitative estimate of drug-likeness (QED) is 0.701. The van der Waals surface area contributed by atoms with Gasteiger partial charge in [0.05, 0.1) is 19.8 Å². The molecule has 0 radical (unpaired) electrons. The number of nitrogens with zero attached hydrogens (tertiary/aromatic N) is 3.